The van der Waals surface area contributed by atoms with Crippen molar-refractivity contribution < 1.29 is 27.8 Å². The summed E-state index contributed by atoms with van der Waals surface area (Å²) in [6.45, 7) is 4.10. The number of carbonyl (C=O) groups is 1. The fraction of sp³-hybridized carbons (Fsp3) is 0.308. The predicted molar refractivity (Wildman–Crippen MR) is 130 cm³/mol. The highest BCUT2D eigenvalue weighted by Crippen LogP contribution is 2.34. The van der Waals surface area contributed by atoms with Gasteiger partial charge in [0.1, 0.15) is 16.8 Å². The first kappa shape index (κ1) is 24.8. The summed E-state index contributed by atoms with van der Waals surface area (Å²) in [6.07, 6.45) is -0.263. The van der Waals surface area contributed by atoms with Gasteiger partial charge in [0.05, 0.1) is 17.9 Å². The van der Waals surface area contributed by atoms with Gasteiger partial charge in [0.15, 0.2) is 0 Å². The summed E-state index contributed by atoms with van der Waals surface area (Å²) in [6, 6.07) is 11.8. The Hall–Kier alpha value is -3.33. The molecule has 0 saturated carbocycles. The third kappa shape index (κ3) is 5.51. The average Bonchev–Trinajstić information content (AvgIpc) is 3.42. The van der Waals surface area contributed by atoms with Crippen LogP contribution in [0.1, 0.15) is 42.4 Å². The van der Waals surface area contributed by atoms with Gasteiger partial charge in [-0.3, -0.25) is 0 Å². The number of carboxylic acid groups (broad SMARTS) is 1. The van der Waals surface area contributed by atoms with Crippen LogP contribution in [0.15, 0.2) is 54.7 Å². The van der Waals surface area contributed by atoms with Gasteiger partial charge in [-0.25, -0.2) is 9.78 Å². The van der Waals surface area contributed by atoms with Crippen LogP contribution < -0.4 is 4.74 Å². The molecule has 0 radical (unpaired) electrons. The van der Waals surface area contributed by atoms with Crippen molar-refractivity contribution in [2.45, 2.75) is 45.3 Å². The van der Waals surface area contributed by atoms with E-state index in [2.05, 4.69) is 6.92 Å². The minimum atomic E-state index is -4.36. The summed E-state index contributed by atoms with van der Waals surface area (Å²) in [5, 5.41) is 10.9. The highest BCUT2D eigenvalue weighted by atomic mass is 32.1. The molecule has 0 spiro atoms. The third-order valence-electron chi connectivity index (χ3n) is 5.79. The maximum atomic E-state index is 12.9. The molecule has 1 unspecified atom stereocenters. The molecule has 0 bridgehead atoms. The molecule has 0 aliphatic carbocycles. The lowest BCUT2D eigenvalue weighted by Crippen LogP contribution is -2.14. The lowest BCUT2D eigenvalue weighted by atomic mass is 10.1. The van der Waals surface area contributed by atoms with E-state index in [1.54, 1.807) is 17.7 Å². The van der Waals surface area contributed by atoms with Crippen LogP contribution >= 0.6 is 11.3 Å². The van der Waals surface area contributed by atoms with Crippen LogP contribution in [0.5, 0.6) is 5.75 Å². The van der Waals surface area contributed by atoms with E-state index in [1.165, 1.54) is 23.5 Å². The Kier molecular flexibility index (Phi) is 7.16. The number of fused-ring (bicyclic) bond motifs is 1. The molecule has 184 valence electrons. The Morgan fingerprint density at radius 3 is 2.54 bits per heavy atom. The van der Waals surface area contributed by atoms with Gasteiger partial charge < -0.3 is 14.4 Å². The molecule has 4 aromatic rings. The molecule has 0 fully saturated rings. The van der Waals surface area contributed by atoms with Crippen LogP contribution in [0.4, 0.5) is 13.2 Å². The van der Waals surface area contributed by atoms with Crippen LogP contribution in [-0.2, 0) is 23.8 Å². The predicted octanol–water partition coefficient (Wildman–Crippen LogP) is 7.00. The Morgan fingerprint density at radius 1 is 1.14 bits per heavy atom. The van der Waals surface area contributed by atoms with Gasteiger partial charge in [0.2, 0.25) is 0 Å². The second-order valence-electron chi connectivity index (χ2n) is 8.27. The summed E-state index contributed by atoms with van der Waals surface area (Å²) >= 11 is 1.51. The topological polar surface area (TPSA) is 64.4 Å². The van der Waals surface area contributed by atoms with E-state index < -0.39 is 23.8 Å². The van der Waals surface area contributed by atoms with Crippen LogP contribution in [0.3, 0.4) is 0 Å². The second-order valence-corrected chi connectivity index (χ2v) is 9.35. The van der Waals surface area contributed by atoms with Crippen molar-refractivity contribution in [2.24, 2.45) is 0 Å². The normalized spacial score (nSPS) is 12.7. The Labute approximate surface area is 204 Å². The highest BCUT2D eigenvalue weighted by molar-refractivity contribution is 7.15. The number of nitrogens with zero attached hydrogens (tertiary/aromatic N) is 2. The average molecular weight is 503 g/mol. The highest BCUT2D eigenvalue weighted by Gasteiger charge is 2.30. The number of aryl methyl sites for hydroxylation is 1. The van der Waals surface area contributed by atoms with Gasteiger partial charge in [-0.1, -0.05) is 25.5 Å². The molecular weight excluding hydrogens is 477 g/mol. The van der Waals surface area contributed by atoms with Gasteiger partial charge in [-0.15, -0.1) is 11.3 Å². The second kappa shape index (κ2) is 10.1. The van der Waals surface area contributed by atoms with Crippen molar-refractivity contribution >= 4 is 28.2 Å². The molecule has 0 aliphatic rings. The summed E-state index contributed by atoms with van der Waals surface area (Å²) in [4.78, 5) is 17.1. The molecule has 1 atom stereocenters. The van der Waals surface area contributed by atoms with Crippen LogP contribution in [0, 0.1) is 0 Å². The number of hydrogen-bond donors (Lipinski definition) is 1. The number of benzene rings is 2. The van der Waals surface area contributed by atoms with Crippen LogP contribution in [0.25, 0.3) is 21.5 Å². The fourth-order valence-electron chi connectivity index (χ4n) is 3.88. The van der Waals surface area contributed by atoms with Crippen molar-refractivity contribution in [1.82, 2.24) is 9.55 Å². The minimum Gasteiger partial charge on any atom is -0.493 e. The first-order valence-corrected chi connectivity index (χ1v) is 12.1. The molecule has 2 aromatic carbocycles. The Morgan fingerprint density at radius 2 is 1.89 bits per heavy atom. The molecule has 1 N–H and O–H groups in total. The first-order chi connectivity index (χ1) is 16.7. The largest absolute Gasteiger partial charge is 0.493 e. The van der Waals surface area contributed by atoms with E-state index >= 15 is 0 Å². The van der Waals surface area contributed by atoms with E-state index in [4.69, 9.17) is 9.72 Å². The van der Waals surface area contributed by atoms with Crippen molar-refractivity contribution in [3.63, 3.8) is 0 Å². The molecule has 5 nitrogen and oxygen atoms in total. The minimum absolute atomic E-state index is 0.393. The SMILES string of the molecule is CCCc1sc(-c2ccc(C(F)(F)F)cc2)nc1CCOc1ccc2c(ccn2C(C)C(=O)O)c1. The number of ether oxygens (including phenoxy) is 1. The maximum absolute atomic E-state index is 12.9. The van der Waals surface area contributed by atoms with Crippen molar-refractivity contribution in [3.8, 4) is 16.3 Å². The number of alkyl halides is 3. The zero-order valence-corrected chi connectivity index (χ0v) is 20.1. The number of rotatable bonds is 9. The van der Waals surface area contributed by atoms with Crippen molar-refractivity contribution in [3.05, 3.63) is 70.9 Å². The van der Waals surface area contributed by atoms with E-state index in [9.17, 15) is 23.1 Å². The molecule has 35 heavy (non-hydrogen) atoms. The van der Waals surface area contributed by atoms with E-state index in [1.807, 2.05) is 24.3 Å². The standard InChI is InChI=1S/C26H25F3N2O3S/c1-3-4-23-21(30-24(35-23)17-5-7-19(8-6-17)26(27,28)29)12-14-34-20-9-10-22-18(15-20)11-13-31(22)16(2)25(32)33/h5-11,13,15-16H,3-4,12,14H2,1-2H3,(H,32,33). The van der Waals surface area contributed by atoms with E-state index in [0.29, 0.717) is 29.3 Å². The quantitative estimate of drug-likeness (QED) is 0.268. The molecule has 2 aromatic heterocycles. The number of carboxylic acids is 1. The monoisotopic (exact) mass is 502 g/mol. The lowest BCUT2D eigenvalue weighted by Gasteiger charge is -2.11. The lowest BCUT2D eigenvalue weighted by molar-refractivity contribution is -0.140. The van der Waals surface area contributed by atoms with Gasteiger partial charge in [0, 0.05) is 34.0 Å². The fourth-order valence-corrected chi connectivity index (χ4v) is 5.10. The van der Waals surface area contributed by atoms with Gasteiger partial charge in [-0.05, 0) is 49.7 Å². The zero-order valence-electron chi connectivity index (χ0n) is 19.3. The maximum Gasteiger partial charge on any atom is 0.416 e. The molecular formula is C26H25F3N2O3S. The summed E-state index contributed by atoms with van der Waals surface area (Å²) < 4.78 is 46.3. The van der Waals surface area contributed by atoms with Gasteiger partial charge >= 0.3 is 12.1 Å². The number of thiazole rings is 1. The van der Waals surface area contributed by atoms with E-state index in [0.717, 1.165) is 46.4 Å². The Balaban J connectivity index is 1.46. The molecule has 0 amide bonds. The summed E-state index contributed by atoms with van der Waals surface area (Å²) in [5.74, 6) is -0.224. The van der Waals surface area contributed by atoms with Crippen molar-refractivity contribution in [1.29, 1.82) is 0 Å². The third-order valence-corrected chi connectivity index (χ3v) is 7.00. The number of hydrogen-bond acceptors (Lipinski definition) is 4. The smallest absolute Gasteiger partial charge is 0.416 e. The van der Waals surface area contributed by atoms with Gasteiger partial charge in [0.25, 0.3) is 0 Å². The number of aromatic nitrogens is 2. The number of halogens is 3. The molecule has 0 aliphatic heterocycles. The molecule has 2 heterocycles. The summed E-state index contributed by atoms with van der Waals surface area (Å²) in [5.41, 5.74) is 1.70. The van der Waals surface area contributed by atoms with Gasteiger partial charge in [-0.2, -0.15) is 13.2 Å². The molecule has 4 rings (SSSR count). The molecule has 0 saturated heterocycles. The summed E-state index contributed by atoms with van der Waals surface area (Å²) in [7, 11) is 0. The van der Waals surface area contributed by atoms with Crippen LogP contribution in [0.2, 0.25) is 0 Å². The Bertz CT molecular complexity index is 1330. The first-order valence-electron chi connectivity index (χ1n) is 11.3. The van der Waals surface area contributed by atoms with Crippen molar-refractivity contribution in [2.75, 3.05) is 6.61 Å². The van der Waals surface area contributed by atoms with Crippen LogP contribution in [-0.4, -0.2) is 27.2 Å². The number of aliphatic carboxylic acids is 1. The zero-order chi connectivity index (χ0) is 25.2. The van der Waals surface area contributed by atoms with E-state index in [-0.39, 0.29) is 0 Å². The molecule has 9 heteroatoms.